The summed E-state index contributed by atoms with van der Waals surface area (Å²) in [6.45, 7) is 9.30. The van der Waals surface area contributed by atoms with Crippen LogP contribution >= 0.6 is 0 Å². The standard InChI is InChI=1S/C30H32NO/c1-18-15-22-7-6-8-25-27(22)26(19(18)2)28-29(32-25)24-16-21(9-10-23(24)17-31(28)5)20-11-13-30(3,4)14-12-20/h6-10,15-17,20H,11-14H2,1-5H3/q+1. The zero-order valence-corrected chi connectivity index (χ0v) is 19.9. The number of hydrogen-bond acceptors (Lipinski definition) is 1. The SMILES string of the molecule is Cc1cc2cccc3c2c(c1C)-c1c(c2cc(C4CCC(C)(C)CC4)ccc2c[n+]1C)O3. The molecular weight excluding hydrogens is 390 g/mol. The Kier molecular flexibility index (Phi) is 4.21. The van der Waals surface area contributed by atoms with E-state index in [2.05, 4.69) is 88.0 Å². The average Bonchev–Trinajstić information content (AvgIpc) is 2.77. The van der Waals surface area contributed by atoms with Crippen molar-refractivity contribution in [1.29, 1.82) is 0 Å². The molecule has 32 heavy (non-hydrogen) atoms. The summed E-state index contributed by atoms with van der Waals surface area (Å²) in [6.07, 6.45) is 7.45. The molecule has 0 unspecified atom stereocenters. The van der Waals surface area contributed by atoms with Crippen molar-refractivity contribution in [3.63, 3.8) is 0 Å². The zero-order chi connectivity index (χ0) is 22.2. The van der Waals surface area contributed by atoms with E-state index in [0.717, 1.165) is 11.5 Å². The molecule has 162 valence electrons. The third-order valence-electron chi connectivity index (χ3n) is 8.13. The average molecular weight is 423 g/mol. The number of nitrogens with zero attached hydrogens (tertiary/aromatic N) is 1. The Balaban J connectivity index is 1.59. The maximum atomic E-state index is 6.69. The molecule has 1 aliphatic heterocycles. The highest BCUT2D eigenvalue weighted by atomic mass is 16.5. The quantitative estimate of drug-likeness (QED) is 0.250. The predicted molar refractivity (Wildman–Crippen MR) is 133 cm³/mol. The largest absolute Gasteiger partial charge is 0.449 e. The highest BCUT2D eigenvalue weighted by Gasteiger charge is 2.33. The summed E-state index contributed by atoms with van der Waals surface area (Å²) in [4.78, 5) is 0. The van der Waals surface area contributed by atoms with Gasteiger partial charge in [-0.05, 0) is 91.1 Å². The Hall–Kier alpha value is -2.87. The smallest absolute Gasteiger partial charge is 0.257 e. The van der Waals surface area contributed by atoms with Crippen LogP contribution in [0, 0.1) is 19.3 Å². The second kappa shape index (κ2) is 6.81. The van der Waals surface area contributed by atoms with E-state index in [9.17, 15) is 0 Å². The Morgan fingerprint density at radius 1 is 0.969 bits per heavy atom. The fourth-order valence-corrected chi connectivity index (χ4v) is 5.98. The Bertz CT molecular complexity index is 1400. The molecule has 0 N–H and O–H groups in total. The lowest BCUT2D eigenvalue weighted by molar-refractivity contribution is -0.659. The Labute approximate surface area is 190 Å². The van der Waals surface area contributed by atoms with Crippen LogP contribution in [0.3, 0.4) is 0 Å². The highest BCUT2D eigenvalue weighted by molar-refractivity contribution is 6.07. The number of aromatic nitrogens is 1. The first-order valence-electron chi connectivity index (χ1n) is 12.0. The monoisotopic (exact) mass is 422 g/mol. The molecule has 2 heterocycles. The maximum Gasteiger partial charge on any atom is 0.257 e. The van der Waals surface area contributed by atoms with E-state index < -0.39 is 0 Å². The molecule has 0 saturated heterocycles. The molecule has 0 spiro atoms. The summed E-state index contributed by atoms with van der Waals surface area (Å²) in [6, 6.07) is 15.8. The molecule has 3 aromatic carbocycles. The lowest BCUT2D eigenvalue weighted by Crippen LogP contribution is -2.32. The number of hydrogen-bond donors (Lipinski definition) is 0. The fraction of sp³-hybridized carbons (Fsp3) is 0.367. The van der Waals surface area contributed by atoms with Crippen molar-refractivity contribution >= 4 is 21.5 Å². The molecular formula is C30H32NO+. The van der Waals surface area contributed by atoms with Crippen molar-refractivity contribution in [3.05, 3.63) is 65.4 Å². The van der Waals surface area contributed by atoms with E-state index in [1.165, 1.54) is 75.2 Å². The summed E-state index contributed by atoms with van der Waals surface area (Å²) in [5.41, 5.74) is 7.15. The molecule has 2 heteroatoms. The zero-order valence-electron chi connectivity index (χ0n) is 19.9. The molecule has 0 amide bonds. The number of rotatable bonds is 1. The molecule has 2 aliphatic rings. The van der Waals surface area contributed by atoms with Gasteiger partial charge in [0.1, 0.15) is 12.8 Å². The fourth-order valence-electron chi connectivity index (χ4n) is 5.98. The van der Waals surface area contributed by atoms with E-state index >= 15 is 0 Å². The first-order valence-corrected chi connectivity index (χ1v) is 12.0. The summed E-state index contributed by atoms with van der Waals surface area (Å²) in [7, 11) is 2.15. The third-order valence-corrected chi connectivity index (χ3v) is 8.13. The Morgan fingerprint density at radius 3 is 2.53 bits per heavy atom. The van der Waals surface area contributed by atoms with Crippen LogP contribution < -0.4 is 9.30 Å². The molecule has 1 fully saturated rings. The van der Waals surface area contributed by atoms with E-state index in [1.54, 1.807) is 0 Å². The van der Waals surface area contributed by atoms with Gasteiger partial charge in [0.05, 0.1) is 5.56 Å². The molecule has 0 radical (unpaired) electrons. The van der Waals surface area contributed by atoms with Gasteiger partial charge in [-0.3, -0.25) is 0 Å². The van der Waals surface area contributed by atoms with Crippen molar-refractivity contribution < 1.29 is 9.30 Å². The molecule has 1 saturated carbocycles. The second-order valence-corrected chi connectivity index (χ2v) is 10.9. The van der Waals surface area contributed by atoms with Crippen LogP contribution in [0.2, 0.25) is 0 Å². The Morgan fingerprint density at radius 2 is 1.75 bits per heavy atom. The van der Waals surface area contributed by atoms with Gasteiger partial charge in [0, 0.05) is 16.2 Å². The lowest BCUT2D eigenvalue weighted by atomic mass is 9.71. The van der Waals surface area contributed by atoms with Gasteiger partial charge >= 0.3 is 0 Å². The van der Waals surface area contributed by atoms with Gasteiger partial charge in [0.25, 0.3) is 5.69 Å². The van der Waals surface area contributed by atoms with Crippen LogP contribution in [-0.4, -0.2) is 0 Å². The minimum atomic E-state index is 0.487. The van der Waals surface area contributed by atoms with Crippen molar-refractivity contribution in [3.8, 4) is 22.8 Å². The number of ether oxygens (including phenoxy) is 1. The first kappa shape index (κ1) is 19.8. The van der Waals surface area contributed by atoms with Crippen molar-refractivity contribution in [2.75, 3.05) is 0 Å². The van der Waals surface area contributed by atoms with Gasteiger partial charge in [-0.15, -0.1) is 0 Å². The van der Waals surface area contributed by atoms with E-state index in [4.69, 9.17) is 4.74 Å². The summed E-state index contributed by atoms with van der Waals surface area (Å²) >= 11 is 0. The van der Waals surface area contributed by atoms with Gasteiger partial charge in [-0.1, -0.05) is 38.1 Å². The molecule has 1 aromatic heterocycles. The molecule has 6 rings (SSSR count). The normalized spacial score (nSPS) is 17.4. The van der Waals surface area contributed by atoms with E-state index in [0.29, 0.717) is 11.3 Å². The van der Waals surface area contributed by atoms with Crippen LogP contribution in [0.1, 0.15) is 62.1 Å². The minimum absolute atomic E-state index is 0.487. The number of fused-ring (bicyclic) bond motifs is 4. The van der Waals surface area contributed by atoms with E-state index in [-0.39, 0.29) is 0 Å². The number of benzene rings is 3. The van der Waals surface area contributed by atoms with Crippen LogP contribution in [-0.2, 0) is 7.05 Å². The number of pyridine rings is 1. The van der Waals surface area contributed by atoms with Gasteiger partial charge in [0.15, 0.2) is 6.20 Å². The van der Waals surface area contributed by atoms with Crippen molar-refractivity contribution in [2.45, 2.75) is 59.3 Å². The molecule has 0 bridgehead atoms. The summed E-state index contributed by atoms with van der Waals surface area (Å²) < 4.78 is 8.95. The van der Waals surface area contributed by atoms with Gasteiger partial charge in [-0.2, -0.15) is 4.57 Å². The van der Waals surface area contributed by atoms with Gasteiger partial charge in [-0.25, -0.2) is 0 Å². The molecule has 4 aromatic rings. The van der Waals surface area contributed by atoms with Crippen LogP contribution in [0.5, 0.6) is 11.5 Å². The first-order chi connectivity index (χ1) is 15.3. The molecule has 1 aliphatic carbocycles. The molecule has 2 nitrogen and oxygen atoms in total. The van der Waals surface area contributed by atoms with Gasteiger partial charge < -0.3 is 4.74 Å². The van der Waals surface area contributed by atoms with E-state index in [1.807, 2.05) is 0 Å². The maximum absolute atomic E-state index is 6.69. The lowest BCUT2D eigenvalue weighted by Gasteiger charge is -2.34. The molecule has 0 atom stereocenters. The third kappa shape index (κ3) is 2.88. The van der Waals surface area contributed by atoms with Crippen molar-refractivity contribution in [1.82, 2.24) is 0 Å². The summed E-state index contributed by atoms with van der Waals surface area (Å²) in [5, 5.41) is 4.98. The summed E-state index contributed by atoms with van der Waals surface area (Å²) in [5.74, 6) is 2.64. The second-order valence-electron chi connectivity index (χ2n) is 10.9. The van der Waals surface area contributed by atoms with Crippen LogP contribution in [0.4, 0.5) is 0 Å². The van der Waals surface area contributed by atoms with Gasteiger partial charge in [0.2, 0.25) is 5.75 Å². The minimum Gasteiger partial charge on any atom is -0.449 e. The number of aryl methyl sites for hydroxylation is 2. The van der Waals surface area contributed by atoms with Crippen LogP contribution in [0.25, 0.3) is 32.8 Å². The highest BCUT2D eigenvalue weighted by Crippen LogP contribution is 2.50. The predicted octanol–water partition coefficient (Wildman–Crippen LogP) is 7.89. The van der Waals surface area contributed by atoms with Crippen molar-refractivity contribution in [2.24, 2.45) is 12.5 Å². The topological polar surface area (TPSA) is 13.1 Å². The van der Waals surface area contributed by atoms with Crippen LogP contribution in [0.15, 0.2) is 48.7 Å².